The second kappa shape index (κ2) is 8.83. The number of sulfone groups is 1. The molecular formula is C20H23N5O4S2. The number of aromatic amines is 1. The van der Waals surface area contributed by atoms with Crippen LogP contribution in [0, 0.1) is 0 Å². The number of carbonyl (C=O) groups is 1. The lowest BCUT2D eigenvalue weighted by molar-refractivity contribution is -0.130. The first-order valence-electron chi connectivity index (χ1n) is 10.0. The van der Waals surface area contributed by atoms with Crippen LogP contribution in [0.1, 0.15) is 19.8 Å². The highest BCUT2D eigenvalue weighted by atomic mass is 32.2. The SMILES string of the molecule is CCCN(C(=O)CSc1nc2c(cnn2-c2ccccc2)c(=O)[nH]1)[C@H]1CCS(=O)(=O)C1. The molecule has 0 spiro atoms. The van der Waals surface area contributed by atoms with E-state index in [2.05, 4.69) is 15.1 Å². The van der Waals surface area contributed by atoms with Gasteiger partial charge in [-0.3, -0.25) is 9.59 Å². The van der Waals surface area contributed by atoms with Crippen molar-refractivity contribution in [1.82, 2.24) is 24.6 Å². The third kappa shape index (κ3) is 4.67. The number of thioether (sulfide) groups is 1. The molecule has 1 atom stereocenters. The molecule has 1 aliphatic heterocycles. The number of H-pyrrole nitrogens is 1. The standard InChI is InChI=1S/C20H23N5O4S2/c1-2-9-24(15-8-10-31(28,29)13-15)17(26)12-30-20-22-18-16(19(27)23-20)11-21-25(18)14-6-4-3-5-7-14/h3-7,11,15H,2,8-10,12-13H2,1H3,(H,22,23,27)/t15-/m0/s1. The highest BCUT2D eigenvalue weighted by molar-refractivity contribution is 7.99. The second-order valence-corrected chi connectivity index (χ2v) is 10.6. The van der Waals surface area contributed by atoms with Crippen molar-refractivity contribution < 1.29 is 13.2 Å². The van der Waals surface area contributed by atoms with Crippen molar-refractivity contribution in [3.63, 3.8) is 0 Å². The summed E-state index contributed by atoms with van der Waals surface area (Å²) in [4.78, 5) is 34.2. The molecule has 3 aromatic rings. The minimum absolute atomic E-state index is 0.0146. The molecule has 1 aromatic carbocycles. The Kier molecular flexibility index (Phi) is 6.15. The van der Waals surface area contributed by atoms with Crippen molar-refractivity contribution in [2.24, 2.45) is 0 Å². The molecule has 9 nitrogen and oxygen atoms in total. The summed E-state index contributed by atoms with van der Waals surface area (Å²) in [6.07, 6.45) is 2.68. The summed E-state index contributed by atoms with van der Waals surface area (Å²) in [5.74, 6) is 0.0339. The van der Waals surface area contributed by atoms with E-state index in [1.807, 2.05) is 37.3 Å². The summed E-state index contributed by atoms with van der Waals surface area (Å²) in [6, 6.07) is 9.08. The van der Waals surface area contributed by atoms with E-state index in [1.165, 1.54) is 6.20 Å². The van der Waals surface area contributed by atoms with Gasteiger partial charge in [0.25, 0.3) is 5.56 Å². The molecule has 1 saturated heterocycles. The molecular weight excluding hydrogens is 438 g/mol. The number of nitrogens with one attached hydrogen (secondary N) is 1. The Bertz CT molecular complexity index is 1250. The minimum atomic E-state index is -3.08. The van der Waals surface area contributed by atoms with Crippen LogP contribution in [0.5, 0.6) is 0 Å². The molecule has 0 unspecified atom stereocenters. The average Bonchev–Trinajstić information content (AvgIpc) is 3.34. The third-order valence-corrected chi connectivity index (χ3v) is 7.79. The van der Waals surface area contributed by atoms with E-state index in [1.54, 1.807) is 9.58 Å². The van der Waals surface area contributed by atoms with Gasteiger partial charge >= 0.3 is 0 Å². The Morgan fingerprint density at radius 2 is 2.10 bits per heavy atom. The Morgan fingerprint density at radius 1 is 1.32 bits per heavy atom. The van der Waals surface area contributed by atoms with Crippen molar-refractivity contribution in [2.75, 3.05) is 23.8 Å². The predicted molar refractivity (Wildman–Crippen MR) is 119 cm³/mol. The summed E-state index contributed by atoms with van der Waals surface area (Å²) in [5.41, 5.74) is 0.867. The fraction of sp³-hybridized carbons (Fsp3) is 0.400. The number of para-hydroxylation sites is 1. The monoisotopic (exact) mass is 461 g/mol. The van der Waals surface area contributed by atoms with E-state index in [4.69, 9.17) is 0 Å². The maximum Gasteiger partial charge on any atom is 0.262 e. The molecule has 0 aliphatic carbocycles. The predicted octanol–water partition coefficient (Wildman–Crippen LogP) is 1.63. The number of fused-ring (bicyclic) bond motifs is 1. The van der Waals surface area contributed by atoms with Gasteiger partial charge in [0.05, 0.1) is 29.1 Å². The summed E-state index contributed by atoms with van der Waals surface area (Å²) in [7, 11) is -3.08. The van der Waals surface area contributed by atoms with Gasteiger partial charge in [0.1, 0.15) is 5.39 Å². The Morgan fingerprint density at radius 3 is 2.77 bits per heavy atom. The van der Waals surface area contributed by atoms with Crippen LogP contribution in [-0.2, 0) is 14.6 Å². The number of amides is 1. The summed E-state index contributed by atoms with van der Waals surface area (Å²) in [5, 5.41) is 4.96. The smallest absolute Gasteiger partial charge is 0.262 e. The molecule has 0 radical (unpaired) electrons. The quantitative estimate of drug-likeness (QED) is 0.420. The van der Waals surface area contributed by atoms with Crippen molar-refractivity contribution in [3.8, 4) is 5.69 Å². The van der Waals surface area contributed by atoms with Gasteiger partial charge in [0, 0.05) is 12.6 Å². The molecule has 3 heterocycles. The van der Waals surface area contributed by atoms with Crippen molar-refractivity contribution in [2.45, 2.75) is 31.0 Å². The molecule has 1 N–H and O–H groups in total. The summed E-state index contributed by atoms with van der Waals surface area (Å²) in [6.45, 7) is 2.46. The van der Waals surface area contributed by atoms with Gasteiger partial charge < -0.3 is 9.88 Å². The van der Waals surface area contributed by atoms with Crippen LogP contribution in [0.25, 0.3) is 16.7 Å². The van der Waals surface area contributed by atoms with Crippen LogP contribution in [0.2, 0.25) is 0 Å². The molecule has 2 aromatic heterocycles. The maximum absolute atomic E-state index is 12.9. The zero-order valence-electron chi connectivity index (χ0n) is 17.0. The van der Waals surface area contributed by atoms with Gasteiger partial charge in [-0.1, -0.05) is 36.9 Å². The molecule has 0 saturated carbocycles. The summed E-state index contributed by atoms with van der Waals surface area (Å²) >= 11 is 1.13. The fourth-order valence-corrected chi connectivity index (χ4v) is 6.18. The maximum atomic E-state index is 12.9. The molecule has 1 fully saturated rings. The second-order valence-electron chi connectivity index (χ2n) is 7.43. The Labute approximate surface area is 183 Å². The number of benzene rings is 1. The van der Waals surface area contributed by atoms with Crippen LogP contribution in [0.3, 0.4) is 0 Å². The van der Waals surface area contributed by atoms with Gasteiger partial charge in [-0.15, -0.1) is 0 Å². The number of aromatic nitrogens is 4. The van der Waals surface area contributed by atoms with Crippen LogP contribution in [0.15, 0.2) is 46.5 Å². The lowest BCUT2D eigenvalue weighted by Crippen LogP contribution is -2.42. The van der Waals surface area contributed by atoms with Gasteiger partial charge in [0.15, 0.2) is 20.6 Å². The van der Waals surface area contributed by atoms with Crippen LogP contribution < -0.4 is 5.56 Å². The lowest BCUT2D eigenvalue weighted by atomic mass is 10.2. The van der Waals surface area contributed by atoms with Gasteiger partial charge in [-0.25, -0.2) is 18.1 Å². The van der Waals surface area contributed by atoms with Gasteiger partial charge in [0.2, 0.25) is 5.91 Å². The number of hydrogen-bond acceptors (Lipinski definition) is 7. The molecule has 31 heavy (non-hydrogen) atoms. The van der Waals surface area contributed by atoms with Crippen LogP contribution >= 0.6 is 11.8 Å². The number of rotatable bonds is 7. The van der Waals surface area contributed by atoms with E-state index in [0.29, 0.717) is 29.2 Å². The largest absolute Gasteiger partial charge is 0.338 e. The van der Waals surface area contributed by atoms with E-state index in [-0.39, 0.29) is 34.8 Å². The Hall–Kier alpha value is -2.66. The van der Waals surface area contributed by atoms with Crippen molar-refractivity contribution >= 4 is 38.5 Å². The highest BCUT2D eigenvalue weighted by Gasteiger charge is 2.34. The zero-order chi connectivity index (χ0) is 22.0. The van der Waals surface area contributed by atoms with E-state index < -0.39 is 9.84 Å². The van der Waals surface area contributed by atoms with E-state index >= 15 is 0 Å². The van der Waals surface area contributed by atoms with Crippen molar-refractivity contribution in [3.05, 3.63) is 46.9 Å². The topological polar surface area (TPSA) is 118 Å². The summed E-state index contributed by atoms with van der Waals surface area (Å²) < 4.78 is 25.3. The first-order chi connectivity index (χ1) is 14.9. The fourth-order valence-electron chi connectivity index (χ4n) is 3.71. The normalized spacial score (nSPS) is 17.8. The van der Waals surface area contributed by atoms with Gasteiger partial charge in [-0.05, 0) is 25.0 Å². The third-order valence-electron chi connectivity index (χ3n) is 5.18. The first kappa shape index (κ1) is 21.6. The van der Waals surface area contributed by atoms with E-state index in [0.717, 1.165) is 23.9 Å². The van der Waals surface area contributed by atoms with Gasteiger partial charge in [-0.2, -0.15) is 5.10 Å². The lowest BCUT2D eigenvalue weighted by Gasteiger charge is -2.27. The molecule has 11 heteroatoms. The van der Waals surface area contributed by atoms with Crippen LogP contribution in [0.4, 0.5) is 0 Å². The number of nitrogens with zero attached hydrogens (tertiary/aromatic N) is 4. The van der Waals surface area contributed by atoms with E-state index in [9.17, 15) is 18.0 Å². The molecule has 1 aliphatic rings. The first-order valence-corrected chi connectivity index (χ1v) is 12.8. The molecule has 1 amide bonds. The average molecular weight is 462 g/mol. The van der Waals surface area contributed by atoms with Crippen molar-refractivity contribution in [1.29, 1.82) is 0 Å². The molecule has 164 valence electrons. The van der Waals surface area contributed by atoms with Crippen LogP contribution in [-0.4, -0.2) is 68.8 Å². The number of carbonyl (C=O) groups excluding carboxylic acids is 1. The molecule has 0 bridgehead atoms. The Balaban J connectivity index is 1.54. The highest BCUT2D eigenvalue weighted by Crippen LogP contribution is 2.22. The zero-order valence-corrected chi connectivity index (χ0v) is 18.7. The number of hydrogen-bond donors (Lipinski definition) is 1. The minimum Gasteiger partial charge on any atom is -0.338 e. The molecule has 4 rings (SSSR count).